The summed E-state index contributed by atoms with van der Waals surface area (Å²) < 4.78 is 19.1. The normalized spacial score (nSPS) is 16.4. The Morgan fingerprint density at radius 1 is 1.28 bits per heavy atom. The van der Waals surface area contributed by atoms with Gasteiger partial charge in [0.15, 0.2) is 6.29 Å². The van der Waals surface area contributed by atoms with Crippen LogP contribution in [0, 0.1) is 6.92 Å². The molecule has 1 aliphatic heterocycles. The Morgan fingerprint density at radius 2 is 1.89 bits per heavy atom. The highest BCUT2D eigenvalue weighted by Crippen LogP contribution is 2.22. The summed E-state index contributed by atoms with van der Waals surface area (Å²) in [6.07, 6.45) is 2.18. The number of hydrogen-bond acceptors (Lipinski definition) is 3. The topological polar surface area (TPSA) is 29.5 Å². The number of aldehydes is 1. The zero-order valence-corrected chi connectivity index (χ0v) is 10.4. The molecule has 0 spiro atoms. The third-order valence-corrected chi connectivity index (χ3v) is 2.94. The van der Waals surface area contributed by atoms with E-state index in [-0.39, 0.29) is 12.2 Å². The minimum absolute atomic E-state index is 0.0337. The molecule has 0 N–H and O–H groups in total. The van der Waals surface area contributed by atoms with Crippen LogP contribution >= 0.6 is 0 Å². The van der Waals surface area contributed by atoms with E-state index in [1.54, 1.807) is 17.0 Å². The summed E-state index contributed by atoms with van der Waals surface area (Å²) in [5, 5.41) is 0. The summed E-state index contributed by atoms with van der Waals surface area (Å²) in [7, 11) is 0. The Bertz CT molecular complexity index is 447. The molecule has 4 heteroatoms. The second-order valence-electron chi connectivity index (χ2n) is 4.38. The van der Waals surface area contributed by atoms with Gasteiger partial charge in [0.25, 0.3) is 0 Å². The van der Waals surface area contributed by atoms with Gasteiger partial charge >= 0.3 is 0 Å². The number of likely N-dealkylation sites (tertiary alicyclic amines) is 1. The number of benzene rings is 1. The number of halogens is 1. The highest BCUT2D eigenvalue weighted by Gasteiger charge is 2.21. The lowest BCUT2D eigenvalue weighted by atomic mass is 10.2. The van der Waals surface area contributed by atoms with E-state index >= 15 is 0 Å². The van der Waals surface area contributed by atoms with Crippen LogP contribution < -0.4 is 4.74 Å². The van der Waals surface area contributed by atoms with Gasteiger partial charge in [0.1, 0.15) is 5.75 Å². The fourth-order valence-corrected chi connectivity index (χ4v) is 1.95. The minimum Gasteiger partial charge on any atom is -0.438 e. The van der Waals surface area contributed by atoms with Gasteiger partial charge in [-0.25, -0.2) is 0 Å². The average molecular weight is 249 g/mol. The molecule has 0 unspecified atom stereocenters. The van der Waals surface area contributed by atoms with Crippen LogP contribution in [0.15, 0.2) is 36.0 Å². The summed E-state index contributed by atoms with van der Waals surface area (Å²) in [5.74, 6) is -0.275. The maximum atomic E-state index is 13.6. The summed E-state index contributed by atoms with van der Waals surface area (Å²) in [4.78, 5) is 12.4. The van der Waals surface area contributed by atoms with Gasteiger partial charge in [-0.2, -0.15) is 4.39 Å². The largest absolute Gasteiger partial charge is 0.438 e. The molecule has 1 heterocycles. The number of carbonyl (C=O) groups is 1. The number of hydrogen-bond donors (Lipinski definition) is 0. The van der Waals surface area contributed by atoms with Gasteiger partial charge in [-0.15, -0.1) is 0 Å². The third-order valence-electron chi connectivity index (χ3n) is 2.94. The lowest BCUT2D eigenvalue weighted by Crippen LogP contribution is -2.24. The van der Waals surface area contributed by atoms with Crippen LogP contribution in [0.2, 0.25) is 0 Å². The number of carbonyl (C=O) groups excluding carboxylic acids is 1. The van der Waals surface area contributed by atoms with E-state index in [1.807, 2.05) is 19.1 Å². The first-order chi connectivity index (χ1) is 8.70. The van der Waals surface area contributed by atoms with E-state index in [0.717, 1.165) is 31.5 Å². The van der Waals surface area contributed by atoms with Crippen molar-refractivity contribution in [2.45, 2.75) is 19.8 Å². The molecule has 1 aromatic carbocycles. The maximum absolute atomic E-state index is 13.6. The highest BCUT2D eigenvalue weighted by atomic mass is 19.1. The van der Waals surface area contributed by atoms with Crippen molar-refractivity contribution in [2.75, 3.05) is 13.1 Å². The Morgan fingerprint density at radius 3 is 2.44 bits per heavy atom. The fourth-order valence-electron chi connectivity index (χ4n) is 1.95. The minimum atomic E-state index is -0.850. The number of allylic oxidation sites excluding steroid dienone is 1. The van der Waals surface area contributed by atoms with Crippen LogP contribution in [0.5, 0.6) is 5.75 Å². The molecule has 0 aliphatic carbocycles. The number of rotatable bonds is 4. The molecular formula is C14H16FNO2. The zero-order chi connectivity index (χ0) is 13.0. The van der Waals surface area contributed by atoms with Crippen LogP contribution in [-0.4, -0.2) is 24.3 Å². The van der Waals surface area contributed by atoms with Crippen molar-refractivity contribution in [1.29, 1.82) is 0 Å². The molecule has 3 nitrogen and oxygen atoms in total. The van der Waals surface area contributed by atoms with Crippen molar-refractivity contribution in [3.63, 3.8) is 0 Å². The quantitative estimate of drug-likeness (QED) is 0.467. The molecule has 0 bridgehead atoms. The summed E-state index contributed by atoms with van der Waals surface area (Å²) in [5.41, 5.74) is 1.10. The van der Waals surface area contributed by atoms with Gasteiger partial charge in [-0.1, -0.05) is 17.7 Å². The second-order valence-corrected chi connectivity index (χ2v) is 4.38. The van der Waals surface area contributed by atoms with E-state index in [0.29, 0.717) is 5.75 Å². The van der Waals surface area contributed by atoms with Crippen molar-refractivity contribution < 1.29 is 13.9 Å². The first-order valence-corrected chi connectivity index (χ1v) is 6.05. The molecule has 1 aliphatic rings. The summed E-state index contributed by atoms with van der Waals surface area (Å²) in [6.45, 7) is 3.41. The molecule has 1 fully saturated rings. The SMILES string of the molecule is Cc1ccc(O/C(=C(\F)C=O)N2CCCC2)cc1. The van der Waals surface area contributed by atoms with Crippen LogP contribution in [0.25, 0.3) is 0 Å². The van der Waals surface area contributed by atoms with Gasteiger partial charge in [0, 0.05) is 13.1 Å². The Balaban J connectivity index is 2.20. The van der Waals surface area contributed by atoms with E-state index in [2.05, 4.69) is 0 Å². The van der Waals surface area contributed by atoms with Crippen molar-refractivity contribution in [3.05, 3.63) is 41.5 Å². The monoisotopic (exact) mass is 249 g/mol. The van der Waals surface area contributed by atoms with E-state index < -0.39 is 5.83 Å². The number of ether oxygens (including phenoxy) is 1. The molecule has 0 aromatic heterocycles. The van der Waals surface area contributed by atoms with Crippen LogP contribution in [0.1, 0.15) is 18.4 Å². The predicted octanol–water partition coefficient (Wildman–Crippen LogP) is 2.81. The lowest BCUT2D eigenvalue weighted by molar-refractivity contribution is -0.106. The maximum Gasteiger partial charge on any atom is 0.235 e. The van der Waals surface area contributed by atoms with Gasteiger partial charge < -0.3 is 9.64 Å². The van der Waals surface area contributed by atoms with Crippen molar-refractivity contribution >= 4 is 6.29 Å². The van der Waals surface area contributed by atoms with Crippen molar-refractivity contribution in [1.82, 2.24) is 4.90 Å². The Hall–Kier alpha value is -1.84. The molecule has 18 heavy (non-hydrogen) atoms. The summed E-state index contributed by atoms with van der Waals surface area (Å²) in [6, 6.07) is 7.30. The van der Waals surface area contributed by atoms with Gasteiger partial charge in [0.2, 0.25) is 11.7 Å². The molecule has 1 aromatic rings. The van der Waals surface area contributed by atoms with E-state index in [4.69, 9.17) is 4.74 Å². The van der Waals surface area contributed by atoms with Gasteiger partial charge in [0.05, 0.1) is 0 Å². The number of nitrogens with zero attached hydrogens (tertiary/aromatic N) is 1. The first-order valence-electron chi connectivity index (χ1n) is 6.05. The second kappa shape index (κ2) is 5.67. The molecule has 0 amide bonds. The van der Waals surface area contributed by atoms with Gasteiger partial charge in [-0.3, -0.25) is 4.79 Å². The van der Waals surface area contributed by atoms with E-state index in [9.17, 15) is 9.18 Å². The van der Waals surface area contributed by atoms with E-state index in [1.165, 1.54) is 0 Å². The van der Waals surface area contributed by atoms with Crippen LogP contribution in [-0.2, 0) is 4.79 Å². The Labute approximate surface area is 106 Å². The zero-order valence-electron chi connectivity index (χ0n) is 10.4. The fraction of sp³-hybridized carbons (Fsp3) is 0.357. The molecular weight excluding hydrogens is 233 g/mol. The molecule has 0 saturated carbocycles. The van der Waals surface area contributed by atoms with Gasteiger partial charge in [-0.05, 0) is 31.9 Å². The van der Waals surface area contributed by atoms with Crippen LogP contribution in [0.4, 0.5) is 4.39 Å². The molecule has 1 saturated heterocycles. The molecule has 2 rings (SSSR count). The summed E-state index contributed by atoms with van der Waals surface area (Å²) >= 11 is 0. The highest BCUT2D eigenvalue weighted by molar-refractivity contribution is 5.70. The third kappa shape index (κ3) is 2.88. The molecule has 96 valence electrons. The predicted molar refractivity (Wildman–Crippen MR) is 66.8 cm³/mol. The smallest absolute Gasteiger partial charge is 0.235 e. The Kier molecular flexibility index (Phi) is 3.97. The molecule has 0 radical (unpaired) electrons. The van der Waals surface area contributed by atoms with Crippen molar-refractivity contribution in [2.24, 2.45) is 0 Å². The average Bonchev–Trinajstić information content (AvgIpc) is 2.91. The lowest BCUT2D eigenvalue weighted by Gasteiger charge is -2.21. The first kappa shape index (κ1) is 12.6. The van der Waals surface area contributed by atoms with Crippen LogP contribution in [0.3, 0.4) is 0 Å². The van der Waals surface area contributed by atoms with Crippen molar-refractivity contribution in [3.8, 4) is 5.75 Å². The molecule has 0 atom stereocenters. The standard InChI is InChI=1S/C14H16FNO2/c1-11-4-6-12(7-5-11)18-14(13(15)10-17)16-8-2-3-9-16/h4-7,10H,2-3,8-9H2,1H3/b14-13-. The number of aryl methyl sites for hydroxylation is 1.